The minimum atomic E-state index is -1.28. The summed E-state index contributed by atoms with van der Waals surface area (Å²) in [5.41, 5.74) is 5.52. The molecule has 0 saturated carbocycles. The van der Waals surface area contributed by atoms with Crippen LogP contribution in [-0.2, 0) is 45.6 Å². The summed E-state index contributed by atoms with van der Waals surface area (Å²) in [5.74, 6) is -0.436. The highest BCUT2D eigenvalue weighted by atomic mass is 32.1. The van der Waals surface area contributed by atoms with Crippen LogP contribution >= 0.6 is 11.3 Å². The fraction of sp³-hybridized carbons (Fsp3) is 0.476. The lowest BCUT2D eigenvalue weighted by Crippen LogP contribution is -2.41. The van der Waals surface area contributed by atoms with Crippen LogP contribution < -0.4 is 5.32 Å². The molecule has 1 unspecified atom stereocenters. The van der Waals surface area contributed by atoms with Gasteiger partial charge in [0.25, 0.3) is 11.6 Å². The largest absolute Gasteiger partial charge is 0.463 e. The van der Waals surface area contributed by atoms with Gasteiger partial charge in [-0.2, -0.15) is 0 Å². The molecular formula is C21H23N3O3S. The van der Waals surface area contributed by atoms with Gasteiger partial charge in [0.1, 0.15) is 6.54 Å². The second-order valence-corrected chi connectivity index (χ2v) is 8.36. The topological polar surface area (TPSA) is 72.8 Å². The number of nitrogens with one attached hydrogen (secondary N) is 1. The molecule has 2 heterocycles. The second kappa shape index (κ2) is 6.88. The SMILES string of the molecule is CCOC(=O)C1(c2nccs2)CN=C(Nc2c3c(cc4c2CCC4)CCC3)O1. The fourth-order valence-corrected chi connectivity index (χ4v) is 5.28. The Hall–Kier alpha value is -2.41. The van der Waals surface area contributed by atoms with E-state index in [1.54, 1.807) is 13.1 Å². The van der Waals surface area contributed by atoms with Crippen molar-refractivity contribution in [1.29, 1.82) is 0 Å². The lowest BCUT2D eigenvalue weighted by Gasteiger charge is -2.24. The number of aromatic nitrogens is 1. The maximum Gasteiger partial charge on any atom is 0.359 e. The van der Waals surface area contributed by atoms with Gasteiger partial charge in [-0.05, 0) is 67.7 Å². The van der Waals surface area contributed by atoms with Gasteiger partial charge in [0.2, 0.25) is 0 Å². The summed E-state index contributed by atoms with van der Waals surface area (Å²) in [6.45, 7) is 2.26. The van der Waals surface area contributed by atoms with Gasteiger partial charge in [0.05, 0.1) is 6.61 Å². The van der Waals surface area contributed by atoms with Gasteiger partial charge in [-0.25, -0.2) is 14.8 Å². The molecule has 1 aromatic carbocycles. The molecule has 0 radical (unpaired) electrons. The third-order valence-electron chi connectivity index (χ3n) is 5.80. The van der Waals surface area contributed by atoms with Crippen molar-refractivity contribution in [1.82, 2.24) is 4.98 Å². The molecule has 146 valence electrons. The molecule has 0 fully saturated rings. The predicted molar refractivity (Wildman–Crippen MR) is 108 cm³/mol. The predicted octanol–water partition coefficient (Wildman–Crippen LogP) is 3.38. The highest BCUT2D eigenvalue weighted by molar-refractivity contribution is 7.09. The van der Waals surface area contributed by atoms with Crippen molar-refractivity contribution in [3.63, 3.8) is 0 Å². The lowest BCUT2D eigenvalue weighted by molar-refractivity contribution is -0.161. The van der Waals surface area contributed by atoms with Crippen LogP contribution in [0, 0.1) is 0 Å². The van der Waals surface area contributed by atoms with Gasteiger partial charge in [-0.15, -0.1) is 11.3 Å². The van der Waals surface area contributed by atoms with Crippen molar-refractivity contribution >= 4 is 29.0 Å². The first kappa shape index (κ1) is 17.7. The molecule has 6 nitrogen and oxygen atoms in total. The van der Waals surface area contributed by atoms with E-state index in [1.807, 2.05) is 5.38 Å². The summed E-state index contributed by atoms with van der Waals surface area (Å²) < 4.78 is 11.4. The first-order chi connectivity index (χ1) is 13.7. The molecule has 3 aliphatic rings. The van der Waals surface area contributed by atoms with Crippen LogP contribution in [0.25, 0.3) is 0 Å². The summed E-state index contributed by atoms with van der Waals surface area (Å²) in [6, 6.07) is 2.78. The van der Waals surface area contributed by atoms with Gasteiger partial charge in [-0.3, -0.25) is 0 Å². The van der Waals surface area contributed by atoms with E-state index in [9.17, 15) is 4.79 Å². The fourth-order valence-electron chi connectivity index (χ4n) is 4.53. The van der Waals surface area contributed by atoms with Crippen LogP contribution in [0.4, 0.5) is 5.69 Å². The standard InChI is InChI=1S/C21H23N3O3S/c1-2-26-19(25)21(18-22-9-10-28-18)12-23-20(27-21)24-17-15-7-3-5-13(15)11-14-6-4-8-16(14)17/h9-11H,2-8,12H2,1H3,(H,23,24). The Bertz CT molecular complexity index is 922. The molecule has 0 bridgehead atoms. The summed E-state index contributed by atoms with van der Waals surface area (Å²) in [5, 5.41) is 5.87. The number of hydrogen-bond acceptors (Lipinski definition) is 7. The molecule has 1 atom stereocenters. The van der Waals surface area contributed by atoms with Crippen LogP contribution in [0.1, 0.15) is 47.0 Å². The molecule has 7 heteroatoms. The molecule has 1 N–H and O–H groups in total. The number of rotatable bonds is 4. The van der Waals surface area contributed by atoms with Crippen molar-refractivity contribution in [2.45, 2.75) is 51.0 Å². The van der Waals surface area contributed by atoms with Crippen LogP contribution in [-0.4, -0.2) is 30.1 Å². The van der Waals surface area contributed by atoms with E-state index in [0.717, 1.165) is 31.4 Å². The number of aliphatic imine (C=N–C) groups is 1. The molecule has 2 aromatic rings. The van der Waals surface area contributed by atoms with Crippen molar-refractivity contribution in [3.05, 3.63) is 44.9 Å². The Morgan fingerprint density at radius 3 is 2.64 bits per heavy atom. The number of ether oxygens (including phenoxy) is 2. The first-order valence-corrected chi connectivity index (χ1v) is 10.8. The summed E-state index contributed by atoms with van der Waals surface area (Å²) in [4.78, 5) is 21.6. The zero-order chi connectivity index (χ0) is 19.1. The number of carbonyl (C=O) groups is 1. The molecular weight excluding hydrogens is 374 g/mol. The Balaban J connectivity index is 1.46. The number of amidine groups is 1. The van der Waals surface area contributed by atoms with E-state index in [2.05, 4.69) is 21.4 Å². The van der Waals surface area contributed by atoms with E-state index >= 15 is 0 Å². The van der Waals surface area contributed by atoms with Gasteiger partial charge in [0, 0.05) is 17.3 Å². The van der Waals surface area contributed by atoms with E-state index in [1.165, 1.54) is 46.4 Å². The van der Waals surface area contributed by atoms with Gasteiger partial charge < -0.3 is 14.8 Å². The number of thiazole rings is 1. The van der Waals surface area contributed by atoms with Crippen molar-refractivity contribution in [2.24, 2.45) is 4.99 Å². The zero-order valence-electron chi connectivity index (χ0n) is 15.9. The highest BCUT2D eigenvalue weighted by Crippen LogP contribution is 2.40. The molecule has 0 spiro atoms. The van der Waals surface area contributed by atoms with Gasteiger partial charge in [-0.1, -0.05) is 6.07 Å². The number of anilines is 1. The van der Waals surface area contributed by atoms with Crippen LogP contribution in [0.15, 0.2) is 22.6 Å². The molecule has 28 heavy (non-hydrogen) atoms. The third-order valence-corrected chi connectivity index (χ3v) is 6.72. The monoisotopic (exact) mass is 397 g/mol. The van der Waals surface area contributed by atoms with Crippen LogP contribution in [0.5, 0.6) is 0 Å². The molecule has 1 aromatic heterocycles. The quantitative estimate of drug-likeness (QED) is 0.801. The summed E-state index contributed by atoms with van der Waals surface area (Å²) in [6.07, 6.45) is 8.47. The molecule has 5 rings (SSSR count). The van der Waals surface area contributed by atoms with E-state index < -0.39 is 11.6 Å². The maximum absolute atomic E-state index is 12.8. The van der Waals surface area contributed by atoms with Crippen molar-refractivity contribution in [3.8, 4) is 0 Å². The van der Waals surface area contributed by atoms with Gasteiger partial charge in [0.15, 0.2) is 5.01 Å². The Kier molecular flexibility index (Phi) is 4.34. The maximum atomic E-state index is 12.8. The molecule has 1 aliphatic heterocycles. The molecule has 0 saturated heterocycles. The number of carbonyl (C=O) groups excluding carboxylic acids is 1. The Morgan fingerprint density at radius 1 is 1.25 bits per heavy atom. The number of nitrogens with zero attached hydrogens (tertiary/aromatic N) is 2. The number of esters is 1. The zero-order valence-corrected chi connectivity index (χ0v) is 16.7. The van der Waals surface area contributed by atoms with Gasteiger partial charge >= 0.3 is 5.97 Å². The first-order valence-electron chi connectivity index (χ1n) is 9.95. The highest BCUT2D eigenvalue weighted by Gasteiger charge is 2.51. The Labute approximate surface area is 168 Å². The van der Waals surface area contributed by atoms with E-state index in [0.29, 0.717) is 11.0 Å². The minimum Gasteiger partial charge on any atom is -0.463 e. The van der Waals surface area contributed by atoms with Crippen LogP contribution in [0.3, 0.4) is 0 Å². The average molecular weight is 398 g/mol. The summed E-state index contributed by atoms with van der Waals surface area (Å²) >= 11 is 1.38. The number of fused-ring (bicyclic) bond motifs is 2. The van der Waals surface area contributed by atoms with Crippen LogP contribution in [0.2, 0.25) is 0 Å². The average Bonchev–Trinajstić information content (AvgIpc) is 3.47. The number of benzene rings is 1. The minimum absolute atomic E-state index is 0.179. The van der Waals surface area contributed by atoms with Crippen molar-refractivity contribution in [2.75, 3.05) is 18.5 Å². The second-order valence-electron chi connectivity index (χ2n) is 7.47. The third kappa shape index (κ3) is 2.71. The normalized spacial score (nSPS) is 22.4. The number of aryl methyl sites for hydroxylation is 2. The molecule has 2 aliphatic carbocycles. The van der Waals surface area contributed by atoms with E-state index in [-0.39, 0.29) is 13.2 Å². The smallest absolute Gasteiger partial charge is 0.359 e. The summed E-state index contributed by atoms with van der Waals surface area (Å²) in [7, 11) is 0. The van der Waals surface area contributed by atoms with Crippen molar-refractivity contribution < 1.29 is 14.3 Å². The lowest BCUT2D eigenvalue weighted by atomic mass is 9.99. The van der Waals surface area contributed by atoms with E-state index in [4.69, 9.17) is 9.47 Å². The Morgan fingerprint density at radius 2 is 2.00 bits per heavy atom. The number of hydrogen-bond donors (Lipinski definition) is 1. The molecule has 0 amide bonds.